The maximum Gasteiger partial charge on any atom is 0.0601 e. The largest absolute Gasteiger partial charge is 0.292 e. The Morgan fingerprint density at radius 2 is 1.82 bits per heavy atom. The number of nitrogens with zero attached hydrogens (tertiary/aromatic N) is 1. The average Bonchev–Trinajstić information content (AvgIpc) is 2.07. The zero-order valence-electron chi connectivity index (χ0n) is 7.40. The van der Waals surface area contributed by atoms with Gasteiger partial charge in [0.2, 0.25) is 0 Å². The van der Waals surface area contributed by atoms with Crippen LogP contribution in [0.1, 0.15) is 32.6 Å². The van der Waals surface area contributed by atoms with E-state index in [0.717, 1.165) is 13.0 Å². The maximum absolute atomic E-state index is 3.18. The molecule has 1 nitrogen and oxygen atoms in total. The fourth-order valence-electron chi connectivity index (χ4n) is 1.41. The first-order valence-electron chi connectivity index (χ1n) is 4.61. The molecule has 0 amide bonds. The van der Waals surface area contributed by atoms with Crippen LogP contribution in [0.3, 0.4) is 0 Å². The Bertz CT molecular complexity index is 146. The van der Waals surface area contributed by atoms with Crippen molar-refractivity contribution in [3.63, 3.8) is 0 Å². The van der Waals surface area contributed by atoms with Crippen molar-refractivity contribution in [2.45, 2.75) is 32.6 Å². The van der Waals surface area contributed by atoms with Gasteiger partial charge >= 0.3 is 0 Å². The third-order valence-electron chi connectivity index (χ3n) is 2.05. The highest BCUT2D eigenvalue weighted by Crippen LogP contribution is 2.06. The molecule has 0 saturated carbocycles. The van der Waals surface area contributed by atoms with Gasteiger partial charge in [0.05, 0.1) is 6.54 Å². The van der Waals surface area contributed by atoms with Gasteiger partial charge < -0.3 is 0 Å². The summed E-state index contributed by atoms with van der Waals surface area (Å²) in [6.45, 7) is 5.62. The predicted octanol–water partition coefficient (Wildman–Crippen LogP) is 1.89. The monoisotopic (exact) mass is 151 g/mol. The molecule has 0 aliphatic carbocycles. The van der Waals surface area contributed by atoms with Crippen LogP contribution < -0.4 is 0 Å². The van der Waals surface area contributed by atoms with Gasteiger partial charge in [-0.2, -0.15) is 0 Å². The second kappa shape index (κ2) is 5.21. The lowest BCUT2D eigenvalue weighted by Crippen LogP contribution is -2.29. The second-order valence-corrected chi connectivity index (χ2v) is 3.04. The molecular formula is C10H17N. The molecule has 0 radical (unpaired) electrons. The van der Waals surface area contributed by atoms with E-state index in [0.29, 0.717) is 0 Å². The first-order valence-corrected chi connectivity index (χ1v) is 4.61. The van der Waals surface area contributed by atoms with Crippen LogP contribution in [-0.2, 0) is 0 Å². The summed E-state index contributed by atoms with van der Waals surface area (Å²) in [5.41, 5.74) is 0. The normalized spacial score (nSPS) is 19.0. The predicted molar refractivity (Wildman–Crippen MR) is 48.4 cm³/mol. The minimum Gasteiger partial charge on any atom is -0.292 e. The molecule has 1 aliphatic heterocycles. The van der Waals surface area contributed by atoms with Gasteiger partial charge in [-0.25, -0.2) is 0 Å². The van der Waals surface area contributed by atoms with Crippen molar-refractivity contribution >= 4 is 0 Å². The minimum absolute atomic E-state index is 0.994. The Morgan fingerprint density at radius 1 is 1.09 bits per heavy atom. The molecule has 1 heteroatoms. The molecule has 0 N–H and O–H groups in total. The van der Waals surface area contributed by atoms with Crippen LogP contribution >= 0.6 is 0 Å². The molecule has 1 saturated heterocycles. The summed E-state index contributed by atoms with van der Waals surface area (Å²) < 4.78 is 0. The van der Waals surface area contributed by atoms with E-state index in [1.54, 1.807) is 0 Å². The summed E-state index contributed by atoms with van der Waals surface area (Å²) in [7, 11) is 0. The number of likely N-dealkylation sites (tertiary alicyclic amines) is 1. The van der Waals surface area contributed by atoms with E-state index < -0.39 is 0 Å². The summed E-state index contributed by atoms with van der Waals surface area (Å²) in [6, 6.07) is 0. The zero-order valence-corrected chi connectivity index (χ0v) is 7.40. The van der Waals surface area contributed by atoms with Crippen molar-refractivity contribution in [3.05, 3.63) is 0 Å². The van der Waals surface area contributed by atoms with Crippen molar-refractivity contribution in [3.8, 4) is 11.8 Å². The van der Waals surface area contributed by atoms with E-state index in [4.69, 9.17) is 0 Å². The highest BCUT2D eigenvalue weighted by molar-refractivity contribution is 5.00. The van der Waals surface area contributed by atoms with E-state index in [1.807, 2.05) is 0 Å². The highest BCUT2D eigenvalue weighted by atomic mass is 15.1. The van der Waals surface area contributed by atoms with Crippen LogP contribution in [0.15, 0.2) is 0 Å². The van der Waals surface area contributed by atoms with Gasteiger partial charge in [0.25, 0.3) is 0 Å². The molecule has 0 aromatic rings. The van der Waals surface area contributed by atoms with Crippen LogP contribution in [0.5, 0.6) is 0 Å². The summed E-state index contributed by atoms with van der Waals surface area (Å²) in [5, 5.41) is 0. The Labute approximate surface area is 69.8 Å². The molecule has 0 spiro atoms. The van der Waals surface area contributed by atoms with E-state index in [1.165, 1.54) is 32.4 Å². The standard InChI is InChI=1S/C10H17N/c1-2-3-5-8-11-9-6-4-7-10-11/h2,4,6-10H2,1H3. The Hall–Kier alpha value is -0.480. The fraction of sp³-hybridized carbons (Fsp3) is 0.800. The first kappa shape index (κ1) is 8.62. The summed E-state index contributed by atoms with van der Waals surface area (Å²) >= 11 is 0. The van der Waals surface area contributed by atoms with Crippen LogP contribution in [0.25, 0.3) is 0 Å². The second-order valence-electron chi connectivity index (χ2n) is 3.04. The van der Waals surface area contributed by atoms with Crippen LogP contribution in [0.4, 0.5) is 0 Å². The Kier molecular flexibility index (Phi) is 4.08. The number of hydrogen-bond donors (Lipinski definition) is 0. The molecule has 1 rings (SSSR count). The molecule has 11 heavy (non-hydrogen) atoms. The smallest absolute Gasteiger partial charge is 0.0601 e. The number of piperidine rings is 1. The first-order chi connectivity index (χ1) is 5.43. The quantitative estimate of drug-likeness (QED) is 0.517. The van der Waals surface area contributed by atoms with Gasteiger partial charge in [-0.05, 0) is 25.9 Å². The molecule has 1 heterocycles. The molecular weight excluding hydrogens is 134 g/mol. The topological polar surface area (TPSA) is 3.24 Å². The molecule has 0 aromatic carbocycles. The maximum atomic E-state index is 3.18. The lowest BCUT2D eigenvalue weighted by molar-refractivity contribution is 0.255. The van der Waals surface area contributed by atoms with Gasteiger partial charge in [-0.1, -0.05) is 19.3 Å². The number of hydrogen-bond acceptors (Lipinski definition) is 1. The van der Waals surface area contributed by atoms with Crippen molar-refractivity contribution in [1.82, 2.24) is 4.90 Å². The van der Waals surface area contributed by atoms with Crippen molar-refractivity contribution < 1.29 is 0 Å². The van der Waals surface area contributed by atoms with Gasteiger partial charge in [0, 0.05) is 6.42 Å². The van der Waals surface area contributed by atoms with E-state index in [9.17, 15) is 0 Å². The van der Waals surface area contributed by atoms with Gasteiger partial charge in [-0.15, -0.1) is 5.92 Å². The minimum atomic E-state index is 0.994. The third kappa shape index (κ3) is 3.43. The van der Waals surface area contributed by atoms with E-state index in [2.05, 4.69) is 23.7 Å². The molecule has 0 bridgehead atoms. The van der Waals surface area contributed by atoms with Gasteiger partial charge in [0.1, 0.15) is 0 Å². The fourth-order valence-corrected chi connectivity index (χ4v) is 1.41. The Morgan fingerprint density at radius 3 is 2.45 bits per heavy atom. The SMILES string of the molecule is CCC#CCN1CCCCC1. The summed E-state index contributed by atoms with van der Waals surface area (Å²) in [4.78, 5) is 2.45. The molecule has 0 aromatic heterocycles. The third-order valence-corrected chi connectivity index (χ3v) is 2.05. The zero-order chi connectivity index (χ0) is 7.94. The molecule has 1 aliphatic rings. The average molecular weight is 151 g/mol. The van der Waals surface area contributed by atoms with E-state index in [-0.39, 0.29) is 0 Å². The van der Waals surface area contributed by atoms with Crippen molar-refractivity contribution in [2.24, 2.45) is 0 Å². The molecule has 0 atom stereocenters. The van der Waals surface area contributed by atoms with Crippen LogP contribution in [0.2, 0.25) is 0 Å². The van der Waals surface area contributed by atoms with Gasteiger partial charge in [-0.3, -0.25) is 4.90 Å². The van der Waals surface area contributed by atoms with Crippen LogP contribution in [-0.4, -0.2) is 24.5 Å². The lowest BCUT2D eigenvalue weighted by Gasteiger charge is -2.23. The summed E-state index contributed by atoms with van der Waals surface area (Å²) in [5.74, 6) is 6.28. The van der Waals surface area contributed by atoms with E-state index >= 15 is 0 Å². The molecule has 0 unspecified atom stereocenters. The molecule has 1 fully saturated rings. The van der Waals surface area contributed by atoms with Crippen molar-refractivity contribution in [1.29, 1.82) is 0 Å². The summed E-state index contributed by atoms with van der Waals surface area (Å²) in [6.07, 6.45) is 5.15. The highest BCUT2D eigenvalue weighted by Gasteiger charge is 2.06. The van der Waals surface area contributed by atoms with Crippen LogP contribution in [0, 0.1) is 11.8 Å². The Balaban J connectivity index is 2.14. The van der Waals surface area contributed by atoms with Gasteiger partial charge in [0.15, 0.2) is 0 Å². The van der Waals surface area contributed by atoms with Crippen molar-refractivity contribution in [2.75, 3.05) is 19.6 Å². The lowest BCUT2D eigenvalue weighted by atomic mass is 10.1. The molecule has 62 valence electrons. The number of rotatable bonds is 1.